The van der Waals surface area contributed by atoms with Crippen LogP contribution in [0.25, 0.3) is 0 Å². The van der Waals surface area contributed by atoms with Crippen LogP contribution >= 0.6 is 0 Å². The van der Waals surface area contributed by atoms with Crippen LogP contribution in [0.3, 0.4) is 0 Å². The van der Waals surface area contributed by atoms with E-state index in [4.69, 9.17) is 5.73 Å². The topological polar surface area (TPSA) is 32.5 Å². The first-order chi connectivity index (χ1) is 9.06. The highest BCUT2D eigenvalue weighted by Gasteiger charge is 2.39. The van der Waals surface area contributed by atoms with Gasteiger partial charge in [-0.2, -0.15) is 0 Å². The van der Waals surface area contributed by atoms with Gasteiger partial charge in [-0.05, 0) is 51.2 Å². The Morgan fingerprint density at radius 2 is 1.95 bits per heavy atom. The van der Waals surface area contributed by atoms with E-state index in [0.717, 1.165) is 36.4 Å². The van der Waals surface area contributed by atoms with E-state index in [2.05, 4.69) is 37.7 Å². The maximum atomic E-state index is 6.04. The number of likely N-dealkylation sites (N-methyl/N-ethyl adjacent to an activating group) is 1. The highest BCUT2D eigenvalue weighted by molar-refractivity contribution is 4.94. The van der Waals surface area contributed by atoms with Crippen molar-refractivity contribution >= 4 is 0 Å². The minimum Gasteiger partial charge on any atom is -0.330 e. The Labute approximate surface area is 119 Å². The lowest BCUT2D eigenvalue weighted by atomic mass is 9.76. The predicted molar refractivity (Wildman–Crippen MR) is 82.2 cm³/mol. The molecule has 1 aliphatic heterocycles. The van der Waals surface area contributed by atoms with E-state index in [-0.39, 0.29) is 0 Å². The van der Waals surface area contributed by atoms with Crippen LogP contribution in [0.2, 0.25) is 0 Å². The summed E-state index contributed by atoms with van der Waals surface area (Å²) in [5, 5.41) is 0. The Kier molecular flexibility index (Phi) is 5.27. The van der Waals surface area contributed by atoms with Crippen molar-refractivity contribution in [1.82, 2.24) is 9.80 Å². The first-order valence-electron chi connectivity index (χ1n) is 8.17. The zero-order valence-electron chi connectivity index (χ0n) is 13.3. The molecule has 2 rings (SSSR count). The number of hydrogen-bond donors (Lipinski definition) is 1. The van der Waals surface area contributed by atoms with Crippen LogP contribution in [0.15, 0.2) is 0 Å². The van der Waals surface area contributed by atoms with E-state index in [9.17, 15) is 0 Å². The average molecular weight is 267 g/mol. The fourth-order valence-electron chi connectivity index (χ4n) is 4.32. The van der Waals surface area contributed by atoms with Crippen LogP contribution in [0, 0.1) is 17.8 Å². The molecule has 0 bridgehead atoms. The van der Waals surface area contributed by atoms with Crippen molar-refractivity contribution in [2.45, 2.75) is 51.6 Å². The van der Waals surface area contributed by atoms with Crippen molar-refractivity contribution in [3.63, 3.8) is 0 Å². The molecule has 1 heterocycles. The Balaban J connectivity index is 2.02. The van der Waals surface area contributed by atoms with Crippen molar-refractivity contribution in [1.29, 1.82) is 0 Å². The minimum atomic E-state index is 0.723. The first kappa shape index (κ1) is 15.3. The van der Waals surface area contributed by atoms with Crippen molar-refractivity contribution in [2.24, 2.45) is 23.5 Å². The molecular formula is C16H33N3. The van der Waals surface area contributed by atoms with E-state index in [1.54, 1.807) is 0 Å². The van der Waals surface area contributed by atoms with Gasteiger partial charge in [0.25, 0.3) is 0 Å². The molecule has 0 aromatic carbocycles. The summed E-state index contributed by atoms with van der Waals surface area (Å²) in [7, 11) is 4.45. The molecule has 1 saturated carbocycles. The van der Waals surface area contributed by atoms with E-state index >= 15 is 0 Å². The average Bonchev–Trinajstić information content (AvgIpc) is 2.80. The second-order valence-corrected chi connectivity index (χ2v) is 7.11. The summed E-state index contributed by atoms with van der Waals surface area (Å²) >= 11 is 0. The molecule has 19 heavy (non-hydrogen) atoms. The maximum Gasteiger partial charge on any atom is 0.0254 e. The largest absolute Gasteiger partial charge is 0.330 e. The summed E-state index contributed by atoms with van der Waals surface area (Å²) < 4.78 is 0. The first-order valence-corrected chi connectivity index (χ1v) is 8.17. The van der Waals surface area contributed by atoms with Gasteiger partial charge in [-0.1, -0.05) is 26.7 Å². The molecule has 1 saturated heterocycles. The van der Waals surface area contributed by atoms with Gasteiger partial charge >= 0.3 is 0 Å². The summed E-state index contributed by atoms with van der Waals surface area (Å²) in [6, 6.07) is 1.47. The molecule has 2 N–H and O–H groups in total. The summed E-state index contributed by atoms with van der Waals surface area (Å²) in [4.78, 5) is 5.16. The molecule has 5 atom stereocenters. The Hall–Kier alpha value is -0.120. The van der Waals surface area contributed by atoms with E-state index < -0.39 is 0 Å². The summed E-state index contributed by atoms with van der Waals surface area (Å²) in [5.41, 5.74) is 6.04. The summed E-state index contributed by atoms with van der Waals surface area (Å²) in [5.74, 6) is 2.45. The number of nitrogens with zero attached hydrogens (tertiary/aromatic N) is 2. The SMILES string of the molecule is CCC1CCC(CN)C(N2CC(C)C(N(C)C)C2)C1. The van der Waals surface area contributed by atoms with Gasteiger partial charge in [-0.3, -0.25) is 4.90 Å². The molecule has 0 aromatic heterocycles. The van der Waals surface area contributed by atoms with Crippen molar-refractivity contribution in [3.05, 3.63) is 0 Å². The van der Waals surface area contributed by atoms with E-state index in [1.165, 1.54) is 38.8 Å². The lowest BCUT2D eigenvalue weighted by Gasteiger charge is -2.41. The Bertz CT molecular complexity index is 279. The maximum absolute atomic E-state index is 6.04. The molecule has 0 amide bonds. The lowest BCUT2D eigenvalue weighted by molar-refractivity contribution is 0.0939. The van der Waals surface area contributed by atoms with Gasteiger partial charge in [0.2, 0.25) is 0 Å². The van der Waals surface area contributed by atoms with Gasteiger partial charge in [-0.25, -0.2) is 0 Å². The van der Waals surface area contributed by atoms with E-state index in [0.29, 0.717) is 0 Å². The second-order valence-electron chi connectivity index (χ2n) is 7.11. The van der Waals surface area contributed by atoms with Crippen LogP contribution in [0.5, 0.6) is 0 Å². The third-order valence-corrected chi connectivity index (χ3v) is 5.68. The molecule has 3 heteroatoms. The van der Waals surface area contributed by atoms with Gasteiger partial charge in [0.1, 0.15) is 0 Å². The number of rotatable bonds is 4. The standard InChI is InChI=1S/C16H33N3/c1-5-13-6-7-14(9-17)15(8-13)19-10-12(2)16(11-19)18(3)4/h12-16H,5-11,17H2,1-4H3. The normalized spacial score (nSPS) is 41.1. The van der Waals surface area contributed by atoms with Crippen molar-refractivity contribution in [2.75, 3.05) is 33.7 Å². The molecule has 5 unspecified atom stereocenters. The highest BCUT2D eigenvalue weighted by Crippen LogP contribution is 2.36. The summed E-state index contributed by atoms with van der Waals surface area (Å²) in [6.45, 7) is 8.13. The fraction of sp³-hybridized carbons (Fsp3) is 1.00. The molecule has 3 nitrogen and oxygen atoms in total. The fourth-order valence-corrected chi connectivity index (χ4v) is 4.32. The molecular weight excluding hydrogens is 234 g/mol. The van der Waals surface area contributed by atoms with Crippen LogP contribution in [0.1, 0.15) is 39.5 Å². The monoisotopic (exact) mass is 267 g/mol. The predicted octanol–water partition coefficient (Wildman–Crippen LogP) is 2.02. The van der Waals surface area contributed by atoms with Crippen molar-refractivity contribution in [3.8, 4) is 0 Å². The van der Waals surface area contributed by atoms with Crippen molar-refractivity contribution < 1.29 is 0 Å². The molecule has 0 radical (unpaired) electrons. The van der Waals surface area contributed by atoms with Gasteiger partial charge in [0.15, 0.2) is 0 Å². The van der Waals surface area contributed by atoms with Crippen LogP contribution in [-0.4, -0.2) is 55.6 Å². The quantitative estimate of drug-likeness (QED) is 0.846. The zero-order valence-corrected chi connectivity index (χ0v) is 13.3. The van der Waals surface area contributed by atoms with Gasteiger partial charge in [-0.15, -0.1) is 0 Å². The van der Waals surface area contributed by atoms with E-state index in [1.807, 2.05) is 0 Å². The molecule has 0 spiro atoms. The number of nitrogens with two attached hydrogens (primary N) is 1. The van der Waals surface area contributed by atoms with Gasteiger partial charge in [0, 0.05) is 25.2 Å². The Morgan fingerprint density at radius 3 is 2.47 bits per heavy atom. The third-order valence-electron chi connectivity index (χ3n) is 5.68. The molecule has 0 aromatic rings. The number of hydrogen-bond acceptors (Lipinski definition) is 3. The highest BCUT2D eigenvalue weighted by atomic mass is 15.3. The summed E-state index contributed by atoms with van der Waals surface area (Å²) in [6.07, 6.45) is 5.46. The molecule has 2 aliphatic rings. The van der Waals surface area contributed by atoms with Crippen LogP contribution < -0.4 is 5.73 Å². The van der Waals surface area contributed by atoms with Gasteiger partial charge in [0.05, 0.1) is 0 Å². The second kappa shape index (κ2) is 6.55. The van der Waals surface area contributed by atoms with Gasteiger partial charge < -0.3 is 10.6 Å². The molecule has 1 aliphatic carbocycles. The molecule has 2 fully saturated rings. The lowest BCUT2D eigenvalue weighted by Crippen LogP contribution is -2.46. The number of likely N-dealkylation sites (tertiary alicyclic amines) is 1. The smallest absolute Gasteiger partial charge is 0.0254 e. The zero-order chi connectivity index (χ0) is 14.0. The van der Waals surface area contributed by atoms with Crippen LogP contribution in [0.4, 0.5) is 0 Å². The third kappa shape index (κ3) is 3.32. The molecule has 112 valence electrons. The Morgan fingerprint density at radius 1 is 1.21 bits per heavy atom. The van der Waals surface area contributed by atoms with Crippen LogP contribution in [-0.2, 0) is 0 Å². The minimum absolute atomic E-state index is 0.723.